The van der Waals surface area contributed by atoms with Crippen LogP contribution in [0.2, 0.25) is 5.02 Å². The van der Waals surface area contributed by atoms with Crippen molar-refractivity contribution in [2.75, 3.05) is 59.5 Å². The number of aliphatic imine (C=N–C) groups is 1. The van der Waals surface area contributed by atoms with Crippen LogP contribution in [-0.4, -0.2) is 66.2 Å². The molecule has 2 aromatic heterocycles. The first-order valence-corrected chi connectivity index (χ1v) is 17.1. The lowest BCUT2D eigenvalue weighted by atomic mass is 9.97. The van der Waals surface area contributed by atoms with E-state index in [-0.39, 0.29) is 53.5 Å². The maximum Gasteiger partial charge on any atom is 0.240 e. The van der Waals surface area contributed by atoms with E-state index in [4.69, 9.17) is 28.1 Å². The first-order valence-electron chi connectivity index (χ1n) is 15.3. The highest BCUT2D eigenvalue weighted by Gasteiger charge is 2.25. The maximum atomic E-state index is 13.3. The molecule has 6 rings (SSSR count). The first-order chi connectivity index (χ1) is 23.9. The van der Waals surface area contributed by atoms with Gasteiger partial charge in [-0.2, -0.15) is 24.9 Å². The van der Waals surface area contributed by atoms with E-state index in [0.29, 0.717) is 45.9 Å². The van der Waals surface area contributed by atoms with Gasteiger partial charge in [0.05, 0.1) is 16.6 Å². The quantitative estimate of drug-likeness (QED) is 0.104. The molecule has 18 heteroatoms. The molecule has 0 fully saturated rings. The van der Waals surface area contributed by atoms with Crippen molar-refractivity contribution >= 4 is 74.1 Å². The lowest BCUT2D eigenvalue weighted by molar-refractivity contribution is 0.583. The number of rotatable bonds is 11. The summed E-state index contributed by atoms with van der Waals surface area (Å²) in [4.78, 5) is 28.0. The number of anilines is 7. The third-order valence-corrected chi connectivity index (χ3v) is 9.21. The van der Waals surface area contributed by atoms with Gasteiger partial charge >= 0.3 is 0 Å². The number of nitrogen functional groups attached to an aromatic ring is 2. The minimum absolute atomic E-state index is 0.00903. The van der Waals surface area contributed by atoms with Crippen LogP contribution < -0.4 is 37.0 Å². The Kier molecular flexibility index (Phi) is 9.89. The molecule has 0 spiro atoms. The summed E-state index contributed by atoms with van der Waals surface area (Å²) in [5, 5.41) is 10.0. The summed E-state index contributed by atoms with van der Waals surface area (Å²) in [6.45, 7) is 0.210. The van der Waals surface area contributed by atoms with Crippen LogP contribution in [-0.2, 0) is 10.0 Å². The molecule has 0 amide bonds. The third-order valence-electron chi connectivity index (χ3n) is 7.48. The largest absolute Gasteiger partial charge is 0.382 e. The molecule has 0 radical (unpaired) electrons. The van der Waals surface area contributed by atoms with Crippen LogP contribution in [0.1, 0.15) is 23.6 Å². The normalized spacial score (nSPS) is 14.2. The minimum atomic E-state index is -3.87. The van der Waals surface area contributed by atoms with Crippen LogP contribution in [0.15, 0.2) is 82.7 Å². The fraction of sp³-hybridized carbons (Fsp3) is 0.188. The van der Waals surface area contributed by atoms with Crippen LogP contribution in [0.4, 0.5) is 51.2 Å². The van der Waals surface area contributed by atoms with Crippen molar-refractivity contribution in [2.45, 2.75) is 17.4 Å². The van der Waals surface area contributed by atoms with Crippen molar-refractivity contribution in [2.24, 2.45) is 4.99 Å². The number of hydrogen-bond acceptors (Lipinski definition) is 14. The van der Waals surface area contributed by atoms with Gasteiger partial charge in [-0.05, 0) is 59.7 Å². The van der Waals surface area contributed by atoms with Gasteiger partial charge in [0.25, 0.3) is 0 Å². The van der Waals surface area contributed by atoms with Gasteiger partial charge in [-0.3, -0.25) is 0 Å². The molecule has 0 bridgehead atoms. The average molecular weight is 718 g/mol. The van der Waals surface area contributed by atoms with Crippen molar-refractivity contribution in [3.05, 3.63) is 94.8 Å². The van der Waals surface area contributed by atoms with Crippen LogP contribution >= 0.6 is 11.6 Å². The van der Waals surface area contributed by atoms with Gasteiger partial charge in [-0.25, -0.2) is 22.5 Å². The van der Waals surface area contributed by atoms with E-state index in [1.165, 1.54) is 24.3 Å². The Morgan fingerprint density at radius 1 is 0.900 bits per heavy atom. The Balaban J connectivity index is 1.14. The molecule has 15 nitrogen and oxygen atoms in total. The molecule has 1 aliphatic heterocycles. The number of nitrogens with two attached hydrogens (primary N) is 2. The summed E-state index contributed by atoms with van der Waals surface area (Å²) >= 11 is 6.12. The molecule has 50 heavy (non-hydrogen) atoms. The standard InChI is InChI=1S/C32H33ClFN13O2S/c1-47(2)32-45-30(44-31(46-32)39-22-11-9-21(34)10-12-22)37-15-16-38-50(48,49)23-13-5-19(6-14-23)24-17-25(18-3-7-20(33)8-4-18)41-28-26(40-24)27(35)42-29(36)43-28/h3-14,25,38H,15-17H2,1-2H3,(H5,35,36,41,42,43)(H2,37,39,44,45,46). The molecule has 1 atom stereocenters. The molecular formula is C32H33ClFN13O2S. The lowest BCUT2D eigenvalue weighted by Crippen LogP contribution is -2.29. The summed E-state index contributed by atoms with van der Waals surface area (Å²) < 4.78 is 42.3. The van der Waals surface area contributed by atoms with E-state index in [1.807, 2.05) is 12.1 Å². The second-order valence-corrected chi connectivity index (χ2v) is 13.5. The molecule has 3 aromatic carbocycles. The van der Waals surface area contributed by atoms with E-state index in [9.17, 15) is 12.8 Å². The zero-order valence-electron chi connectivity index (χ0n) is 26.9. The van der Waals surface area contributed by atoms with E-state index >= 15 is 0 Å². The lowest BCUT2D eigenvalue weighted by Gasteiger charge is -2.19. The highest BCUT2D eigenvalue weighted by atomic mass is 35.5. The Morgan fingerprint density at radius 2 is 1.60 bits per heavy atom. The topological polar surface area (TPSA) is 214 Å². The highest BCUT2D eigenvalue weighted by Crippen LogP contribution is 2.38. The zero-order chi connectivity index (χ0) is 35.4. The zero-order valence-corrected chi connectivity index (χ0v) is 28.5. The third kappa shape index (κ3) is 8.13. The number of benzene rings is 3. The number of nitrogens with one attached hydrogen (secondary N) is 4. The van der Waals surface area contributed by atoms with E-state index in [2.05, 4.69) is 45.6 Å². The molecular weight excluding hydrogens is 685 g/mol. The molecule has 8 N–H and O–H groups in total. The first kappa shape index (κ1) is 34.2. The van der Waals surface area contributed by atoms with Gasteiger partial charge in [0.1, 0.15) is 11.5 Å². The second-order valence-electron chi connectivity index (χ2n) is 11.3. The van der Waals surface area contributed by atoms with E-state index in [1.54, 1.807) is 55.4 Å². The van der Waals surface area contributed by atoms with Crippen molar-refractivity contribution < 1.29 is 12.8 Å². The Labute approximate surface area is 292 Å². The van der Waals surface area contributed by atoms with Crippen molar-refractivity contribution in [3.8, 4) is 0 Å². The molecule has 1 aliphatic rings. The highest BCUT2D eigenvalue weighted by molar-refractivity contribution is 7.89. The minimum Gasteiger partial charge on any atom is -0.382 e. The van der Waals surface area contributed by atoms with Crippen LogP contribution in [0.5, 0.6) is 0 Å². The number of aromatic nitrogens is 5. The van der Waals surface area contributed by atoms with Gasteiger partial charge in [0.2, 0.25) is 33.8 Å². The van der Waals surface area contributed by atoms with Gasteiger partial charge in [0.15, 0.2) is 11.6 Å². The summed E-state index contributed by atoms with van der Waals surface area (Å²) in [6, 6.07) is 19.3. The fourth-order valence-electron chi connectivity index (χ4n) is 5.00. The van der Waals surface area contributed by atoms with Gasteiger partial charge in [0, 0.05) is 44.3 Å². The summed E-state index contributed by atoms with van der Waals surface area (Å²) in [6.07, 6.45) is 0.418. The van der Waals surface area contributed by atoms with Gasteiger partial charge in [-0.1, -0.05) is 35.9 Å². The fourth-order valence-corrected chi connectivity index (χ4v) is 6.16. The van der Waals surface area contributed by atoms with Crippen molar-refractivity contribution in [3.63, 3.8) is 0 Å². The molecule has 0 saturated heterocycles. The maximum absolute atomic E-state index is 13.3. The number of sulfonamides is 1. The number of hydrogen-bond donors (Lipinski definition) is 6. The van der Waals surface area contributed by atoms with Crippen LogP contribution in [0, 0.1) is 5.82 Å². The number of fused-ring (bicyclic) bond motifs is 1. The van der Waals surface area contributed by atoms with Crippen molar-refractivity contribution in [1.82, 2.24) is 29.6 Å². The monoisotopic (exact) mass is 717 g/mol. The van der Waals surface area contributed by atoms with Gasteiger partial charge < -0.3 is 32.3 Å². The van der Waals surface area contributed by atoms with Crippen LogP contribution in [0.3, 0.4) is 0 Å². The second kappa shape index (κ2) is 14.5. The molecule has 258 valence electrons. The SMILES string of the molecule is CN(C)c1nc(NCCNS(=O)(=O)c2ccc(C3=Nc4c(N)nc(N)nc4NC(c4ccc(Cl)cc4)C3)cc2)nc(Nc2ccc(F)cc2)n1. The number of halogens is 2. The predicted molar refractivity (Wildman–Crippen MR) is 193 cm³/mol. The van der Waals surface area contributed by atoms with Gasteiger partial charge in [-0.15, -0.1) is 0 Å². The smallest absolute Gasteiger partial charge is 0.240 e. The average Bonchev–Trinajstić information content (AvgIpc) is 3.28. The van der Waals surface area contributed by atoms with Crippen LogP contribution in [0.25, 0.3) is 0 Å². The van der Waals surface area contributed by atoms with E-state index in [0.717, 1.165) is 5.56 Å². The molecule has 1 unspecified atom stereocenters. The predicted octanol–water partition coefficient (Wildman–Crippen LogP) is 4.50. The summed E-state index contributed by atoms with van der Waals surface area (Å²) in [5.41, 5.74) is 15.2. The summed E-state index contributed by atoms with van der Waals surface area (Å²) in [7, 11) is -0.326. The Hall–Kier alpha value is -5.65. The molecule has 0 saturated carbocycles. The van der Waals surface area contributed by atoms with E-state index < -0.39 is 10.0 Å². The van der Waals surface area contributed by atoms with Crippen molar-refractivity contribution in [1.29, 1.82) is 0 Å². The number of nitrogens with zero attached hydrogens (tertiary/aromatic N) is 7. The Bertz CT molecular complexity index is 2130. The summed E-state index contributed by atoms with van der Waals surface area (Å²) in [5.74, 6) is 0.963. The molecule has 0 aliphatic carbocycles. The molecule has 5 aromatic rings. The molecule has 3 heterocycles. The Morgan fingerprint density at radius 3 is 2.30 bits per heavy atom.